The second kappa shape index (κ2) is 9.24. The summed E-state index contributed by atoms with van der Waals surface area (Å²) in [6, 6.07) is 17.4. The second-order valence-electron chi connectivity index (χ2n) is 8.15. The molecular weight excluding hydrogens is 348 g/mol. The number of rotatable bonds is 8. The van der Waals surface area contributed by atoms with Gasteiger partial charge < -0.3 is 15.0 Å². The molecule has 0 radical (unpaired) electrons. The van der Waals surface area contributed by atoms with Crippen molar-refractivity contribution in [1.82, 2.24) is 4.90 Å². The highest BCUT2D eigenvalue weighted by atomic mass is 16.5. The van der Waals surface area contributed by atoms with Crippen LogP contribution < -0.4 is 10.1 Å². The molecule has 0 spiro atoms. The topological polar surface area (TPSA) is 41.6 Å². The number of anilines is 1. The maximum Gasteiger partial charge on any atom is 0.228 e. The molecule has 2 aromatic rings. The number of nitrogens with one attached hydrogen (secondary N) is 1. The Balaban J connectivity index is 1.15. The number of carbonyl (C=O) groups excluding carboxylic acids is 1. The molecule has 148 valence electrons. The van der Waals surface area contributed by atoms with Gasteiger partial charge in [-0.3, -0.25) is 4.79 Å². The van der Waals surface area contributed by atoms with Crippen LogP contribution in [0.4, 0.5) is 5.69 Å². The van der Waals surface area contributed by atoms with Gasteiger partial charge in [-0.15, -0.1) is 0 Å². The molecule has 2 fully saturated rings. The van der Waals surface area contributed by atoms with Gasteiger partial charge in [0.2, 0.25) is 5.91 Å². The highest BCUT2D eigenvalue weighted by Crippen LogP contribution is 2.37. The molecule has 0 bridgehead atoms. The van der Waals surface area contributed by atoms with E-state index in [0.717, 1.165) is 48.4 Å². The lowest BCUT2D eigenvalue weighted by atomic mass is 10.0. The quantitative estimate of drug-likeness (QED) is 0.694. The molecule has 1 N–H and O–H groups in total. The molecule has 1 amide bonds. The summed E-state index contributed by atoms with van der Waals surface area (Å²) in [6.45, 7) is 4.47. The Kier molecular flexibility index (Phi) is 6.27. The van der Waals surface area contributed by atoms with Crippen LogP contribution >= 0.6 is 0 Å². The number of hydrogen-bond acceptors (Lipinski definition) is 3. The van der Waals surface area contributed by atoms with Crippen molar-refractivity contribution in [2.75, 3.05) is 31.6 Å². The van der Waals surface area contributed by atoms with Crippen LogP contribution in [0.15, 0.2) is 54.6 Å². The minimum absolute atomic E-state index is 0.00440. The molecule has 2 unspecified atom stereocenters. The fraction of sp³-hybridized carbons (Fsp3) is 0.458. The fourth-order valence-corrected chi connectivity index (χ4v) is 4.61. The normalized spacial score (nSPS) is 21.4. The molecule has 1 saturated carbocycles. The van der Waals surface area contributed by atoms with E-state index in [0.29, 0.717) is 6.42 Å². The van der Waals surface area contributed by atoms with Crippen LogP contribution in [0.1, 0.15) is 31.2 Å². The minimum Gasteiger partial charge on any atom is -0.494 e. The van der Waals surface area contributed by atoms with Crippen LogP contribution in [0.2, 0.25) is 0 Å². The van der Waals surface area contributed by atoms with Crippen molar-refractivity contribution < 1.29 is 9.53 Å². The lowest BCUT2D eigenvalue weighted by Crippen LogP contribution is -2.24. The Hall–Kier alpha value is -2.33. The first-order valence-electron chi connectivity index (χ1n) is 10.6. The van der Waals surface area contributed by atoms with Crippen LogP contribution in [0.5, 0.6) is 5.75 Å². The van der Waals surface area contributed by atoms with E-state index in [4.69, 9.17) is 4.74 Å². The summed E-state index contributed by atoms with van der Waals surface area (Å²) in [5.41, 5.74) is 1.82. The predicted molar refractivity (Wildman–Crippen MR) is 113 cm³/mol. The molecule has 4 nitrogen and oxygen atoms in total. The third-order valence-electron chi connectivity index (χ3n) is 6.03. The SMILES string of the molecule is O=C(Cc1ccccc1)Nc1ccc(OCCCN2CC3CCCC3C2)cc1. The molecule has 1 saturated heterocycles. The average molecular weight is 379 g/mol. The van der Waals surface area contributed by atoms with Crippen molar-refractivity contribution in [3.05, 3.63) is 60.2 Å². The summed E-state index contributed by atoms with van der Waals surface area (Å²) >= 11 is 0. The van der Waals surface area contributed by atoms with Crippen LogP contribution in [0.3, 0.4) is 0 Å². The van der Waals surface area contributed by atoms with Crippen molar-refractivity contribution in [2.24, 2.45) is 11.8 Å². The Labute approximate surface area is 167 Å². The zero-order chi connectivity index (χ0) is 19.2. The largest absolute Gasteiger partial charge is 0.494 e. The van der Waals surface area contributed by atoms with E-state index in [1.807, 2.05) is 54.6 Å². The lowest BCUT2D eigenvalue weighted by molar-refractivity contribution is -0.115. The van der Waals surface area contributed by atoms with E-state index in [2.05, 4.69) is 10.2 Å². The first-order chi connectivity index (χ1) is 13.8. The van der Waals surface area contributed by atoms with E-state index in [-0.39, 0.29) is 5.91 Å². The smallest absolute Gasteiger partial charge is 0.228 e. The van der Waals surface area contributed by atoms with Gasteiger partial charge >= 0.3 is 0 Å². The van der Waals surface area contributed by atoms with Crippen LogP contribution in [0, 0.1) is 11.8 Å². The van der Waals surface area contributed by atoms with Gasteiger partial charge in [0, 0.05) is 25.3 Å². The molecule has 4 heteroatoms. The molecule has 2 aliphatic rings. The van der Waals surface area contributed by atoms with Crippen LogP contribution in [0.25, 0.3) is 0 Å². The molecule has 1 aliphatic carbocycles. The standard InChI is InChI=1S/C24H30N2O2/c27-24(16-19-6-2-1-3-7-19)25-22-10-12-23(13-11-22)28-15-5-14-26-17-20-8-4-9-21(20)18-26/h1-3,6-7,10-13,20-21H,4-5,8-9,14-18H2,(H,25,27). The molecule has 0 aromatic heterocycles. The summed E-state index contributed by atoms with van der Waals surface area (Å²) in [6.07, 6.45) is 5.76. The number of nitrogens with zero attached hydrogens (tertiary/aromatic N) is 1. The van der Waals surface area contributed by atoms with E-state index < -0.39 is 0 Å². The minimum atomic E-state index is -0.00440. The van der Waals surface area contributed by atoms with Gasteiger partial charge in [-0.05, 0) is 60.9 Å². The third-order valence-corrected chi connectivity index (χ3v) is 6.03. The first-order valence-corrected chi connectivity index (χ1v) is 10.6. The van der Waals surface area contributed by atoms with Crippen molar-refractivity contribution in [1.29, 1.82) is 0 Å². The van der Waals surface area contributed by atoms with Crippen LogP contribution in [-0.2, 0) is 11.2 Å². The van der Waals surface area contributed by atoms with E-state index in [9.17, 15) is 4.79 Å². The molecule has 2 aromatic carbocycles. The summed E-state index contributed by atoms with van der Waals surface area (Å²) in [5, 5.41) is 2.94. The second-order valence-corrected chi connectivity index (χ2v) is 8.15. The van der Waals surface area contributed by atoms with Gasteiger partial charge in [-0.1, -0.05) is 36.8 Å². The Morgan fingerprint density at radius 3 is 2.43 bits per heavy atom. The first kappa shape index (κ1) is 19.0. The molecule has 1 heterocycles. The zero-order valence-electron chi connectivity index (χ0n) is 16.5. The predicted octanol–water partition coefficient (Wildman–Crippen LogP) is 4.37. The van der Waals surface area contributed by atoms with Crippen molar-refractivity contribution in [3.63, 3.8) is 0 Å². The monoisotopic (exact) mass is 378 g/mol. The summed E-state index contributed by atoms with van der Waals surface area (Å²) < 4.78 is 5.88. The molecule has 4 rings (SSSR count). The average Bonchev–Trinajstić information content (AvgIpc) is 3.29. The summed E-state index contributed by atoms with van der Waals surface area (Å²) in [7, 11) is 0. The Bertz CT molecular complexity index is 748. The van der Waals surface area contributed by atoms with E-state index >= 15 is 0 Å². The molecule has 1 aliphatic heterocycles. The van der Waals surface area contributed by atoms with Gasteiger partial charge in [0.15, 0.2) is 0 Å². The molecular formula is C24H30N2O2. The number of likely N-dealkylation sites (tertiary alicyclic amines) is 1. The number of hydrogen-bond donors (Lipinski definition) is 1. The van der Waals surface area contributed by atoms with E-state index in [1.165, 1.54) is 32.4 Å². The number of carbonyl (C=O) groups is 1. The van der Waals surface area contributed by atoms with Gasteiger partial charge in [0.05, 0.1) is 13.0 Å². The third kappa shape index (κ3) is 5.14. The van der Waals surface area contributed by atoms with Crippen molar-refractivity contribution >= 4 is 11.6 Å². The number of benzene rings is 2. The van der Waals surface area contributed by atoms with Gasteiger partial charge in [-0.2, -0.15) is 0 Å². The van der Waals surface area contributed by atoms with Crippen LogP contribution in [-0.4, -0.2) is 37.0 Å². The number of amides is 1. The van der Waals surface area contributed by atoms with E-state index in [1.54, 1.807) is 0 Å². The Morgan fingerprint density at radius 1 is 1.00 bits per heavy atom. The lowest BCUT2D eigenvalue weighted by Gasteiger charge is -2.16. The molecule has 2 atom stereocenters. The van der Waals surface area contributed by atoms with Gasteiger partial charge in [0.25, 0.3) is 0 Å². The summed E-state index contributed by atoms with van der Waals surface area (Å²) in [4.78, 5) is 14.7. The molecule has 28 heavy (non-hydrogen) atoms. The highest BCUT2D eigenvalue weighted by molar-refractivity contribution is 5.92. The number of fused-ring (bicyclic) bond motifs is 1. The fourth-order valence-electron chi connectivity index (χ4n) is 4.61. The highest BCUT2D eigenvalue weighted by Gasteiger charge is 2.35. The maximum atomic E-state index is 12.1. The number of ether oxygens (including phenoxy) is 1. The maximum absolute atomic E-state index is 12.1. The zero-order valence-corrected chi connectivity index (χ0v) is 16.5. The Morgan fingerprint density at radius 2 is 1.71 bits per heavy atom. The van der Waals surface area contributed by atoms with Crippen molar-refractivity contribution in [3.8, 4) is 5.75 Å². The van der Waals surface area contributed by atoms with Crippen molar-refractivity contribution in [2.45, 2.75) is 32.1 Å². The van der Waals surface area contributed by atoms with Gasteiger partial charge in [-0.25, -0.2) is 0 Å². The summed E-state index contributed by atoms with van der Waals surface area (Å²) in [5.74, 6) is 2.78. The van der Waals surface area contributed by atoms with Gasteiger partial charge in [0.1, 0.15) is 5.75 Å².